The molecule has 0 fully saturated rings. The second kappa shape index (κ2) is 5.89. The molecule has 0 radical (unpaired) electrons. The van der Waals surface area contributed by atoms with E-state index in [1.54, 1.807) is 27.7 Å². The Morgan fingerprint density at radius 1 is 1.18 bits per heavy atom. The smallest absolute Gasteiger partial charge is 0.408 e. The van der Waals surface area contributed by atoms with Crippen LogP contribution >= 0.6 is 0 Å². The van der Waals surface area contributed by atoms with E-state index in [2.05, 4.69) is 0 Å². The lowest BCUT2D eigenvalue weighted by Crippen LogP contribution is -2.20. The topological polar surface area (TPSA) is 55.5 Å². The minimum Gasteiger partial charge on any atom is -0.408 e. The molecule has 1 aromatic heterocycles. The Balaban J connectivity index is 2.09. The van der Waals surface area contributed by atoms with Gasteiger partial charge in [0, 0.05) is 12.2 Å². The molecule has 1 amide bonds. The number of carbonyl (C=O) groups is 1. The summed E-state index contributed by atoms with van der Waals surface area (Å²) in [6, 6.07) is 15.0. The minimum absolute atomic E-state index is 0.398. The standard InChI is InChI=1S/C17H16N2O3/c1-2-18(12-20)14-8-9-16-15(10-14)19(17(21)22-16)11-13-6-4-3-5-7-13/h3-10,12H,2,11H2,1H3. The fraction of sp³-hybridized carbons (Fsp3) is 0.176. The molecule has 0 saturated heterocycles. The molecular weight excluding hydrogens is 280 g/mol. The van der Waals surface area contributed by atoms with Gasteiger partial charge in [0.2, 0.25) is 6.41 Å². The highest BCUT2D eigenvalue weighted by atomic mass is 16.4. The third-order valence-electron chi connectivity index (χ3n) is 3.63. The van der Waals surface area contributed by atoms with Gasteiger partial charge in [0.15, 0.2) is 5.58 Å². The highest BCUT2D eigenvalue weighted by Crippen LogP contribution is 2.21. The number of oxazole rings is 1. The van der Waals surface area contributed by atoms with Crippen molar-refractivity contribution >= 4 is 23.2 Å². The van der Waals surface area contributed by atoms with Crippen LogP contribution in [0.2, 0.25) is 0 Å². The summed E-state index contributed by atoms with van der Waals surface area (Å²) in [5, 5.41) is 0. The van der Waals surface area contributed by atoms with Gasteiger partial charge in [-0.15, -0.1) is 0 Å². The Bertz CT molecular complexity index is 849. The highest BCUT2D eigenvalue weighted by molar-refractivity contribution is 5.83. The summed E-state index contributed by atoms with van der Waals surface area (Å²) in [7, 11) is 0. The van der Waals surface area contributed by atoms with Gasteiger partial charge in [0.05, 0.1) is 12.1 Å². The lowest BCUT2D eigenvalue weighted by molar-refractivity contribution is -0.107. The van der Waals surface area contributed by atoms with Crippen LogP contribution in [0.15, 0.2) is 57.7 Å². The van der Waals surface area contributed by atoms with E-state index >= 15 is 0 Å². The number of rotatable bonds is 5. The van der Waals surface area contributed by atoms with Crippen molar-refractivity contribution in [1.82, 2.24) is 4.57 Å². The zero-order valence-corrected chi connectivity index (χ0v) is 12.2. The van der Waals surface area contributed by atoms with Crippen molar-refractivity contribution in [2.45, 2.75) is 13.5 Å². The molecule has 5 nitrogen and oxygen atoms in total. The molecule has 2 aromatic carbocycles. The van der Waals surface area contributed by atoms with Crippen LogP contribution in [0.5, 0.6) is 0 Å². The molecule has 3 aromatic rings. The number of benzene rings is 2. The lowest BCUT2D eigenvalue weighted by Gasteiger charge is -2.14. The van der Waals surface area contributed by atoms with Crippen molar-refractivity contribution < 1.29 is 9.21 Å². The summed E-state index contributed by atoms with van der Waals surface area (Å²) < 4.78 is 6.85. The predicted octanol–water partition coefficient (Wildman–Crippen LogP) is 2.63. The number of hydrogen-bond donors (Lipinski definition) is 0. The molecule has 0 N–H and O–H groups in total. The third-order valence-corrected chi connectivity index (χ3v) is 3.63. The van der Waals surface area contributed by atoms with Crippen LogP contribution in [0.25, 0.3) is 11.1 Å². The largest absolute Gasteiger partial charge is 0.420 e. The molecule has 22 heavy (non-hydrogen) atoms. The molecule has 0 aliphatic heterocycles. The molecule has 0 aliphatic rings. The van der Waals surface area contributed by atoms with E-state index in [1.165, 1.54) is 0 Å². The first kappa shape index (κ1) is 14.1. The Kier molecular flexibility index (Phi) is 3.78. The summed E-state index contributed by atoms with van der Waals surface area (Å²) in [5.41, 5.74) is 2.96. The van der Waals surface area contributed by atoms with Crippen molar-refractivity contribution in [3.63, 3.8) is 0 Å². The normalized spacial score (nSPS) is 10.8. The average molecular weight is 296 g/mol. The van der Waals surface area contributed by atoms with Gasteiger partial charge in [-0.1, -0.05) is 30.3 Å². The first-order valence-corrected chi connectivity index (χ1v) is 7.12. The molecule has 0 spiro atoms. The van der Waals surface area contributed by atoms with Crippen LogP contribution in [0, 0.1) is 0 Å². The van der Waals surface area contributed by atoms with Gasteiger partial charge in [-0.05, 0) is 30.7 Å². The molecule has 112 valence electrons. The maximum atomic E-state index is 12.1. The maximum absolute atomic E-state index is 12.1. The fourth-order valence-electron chi connectivity index (χ4n) is 2.46. The molecule has 3 rings (SSSR count). The zero-order chi connectivity index (χ0) is 15.5. The summed E-state index contributed by atoms with van der Waals surface area (Å²) in [5.74, 6) is -0.398. The SMILES string of the molecule is CCN(C=O)c1ccc2oc(=O)n(Cc3ccccc3)c2c1. The number of nitrogens with zero attached hydrogens (tertiary/aromatic N) is 2. The van der Waals surface area contributed by atoms with E-state index in [1.807, 2.05) is 37.3 Å². The van der Waals surface area contributed by atoms with Crippen molar-refractivity contribution in [3.8, 4) is 0 Å². The summed E-state index contributed by atoms with van der Waals surface area (Å²) in [6.45, 7) is 2.89. The van der Waals surface area contributed by atoms with E-state index in [-0.39, 0.29) is 0 Å². The Morgan fingerprint density at radius 3 is 2.64 bits per heavy atom. The van der Waals surface area contributed by atoms with E-state index in [0.29, 0.717) is 24.2 Å². The van der Waals surface area contributed by atoms with Gasteiger partial charge >= 0.3 is 5.76 Å². The van der Waals surface area contributed by atoms with E-state index in [9.17, 15) is 9.59 Å². The fourth-order valence-corrected chi connectivity index (χ4v) is 2.46. The average Bonchev–Trinajstić information content (AvgIpc) is 2.85. The van der Waals surface area contributed by atoms with E-state index in [0.717, 1.165) is 17.7 Å². The molecule has 1 heterocycles. The number of aromatic nitrogens is 1. The van der Waals surface area contributed by atoms with Crippen molar-refractivity contribution in [2.24, 2.45) is 0 Å². The number of fused-ring (bicyclic) bond motifs is 1. The first-order valence-electron chi connectivity index (χ1n) is 7.12. The summed E-state index contributed by atoms with van der Waals surface area (Å²) in [6.07, 6.45) is 0.779. The first-order chi connectivity index (χ1) is 10.7. The molecule has 0 aliphatic carbocycles. The van der Waals surface area contributed by atoms with Gasteiger partial charge in [-0.25, -0.2) is 4.79 Å². The van der Waals surface area contributed by atoms with E-state index < -0.39 is 5.76 Å². The van der Waals surface area contributed by atoms with Crippen molar-refractivity contribution in [1.29, 1.82) is 0 Å². The summed E-state index contributed by atoms with van der Waals surface area (Å²) >= 11 is 0. The number of anilines is 1. The maximum Gasteiger partial charge on any atom is 0.420 e. The van der Waals surface area contributed by atoms with Crippen molar-refractivity contribution in [3.05, 3.63) is 64.6 Å². The van der Waals surface area contributed by atoms with Crippen LogP contribution in [-0.4, -0.2) is 17.5 Å². The van der Waals surface area contributed by atoms with Crippen LogP contribution in [0.3, 0.4) is 0 Å². The number of hydrogen-bond acceptors (Lipinski definition) is 3. The molecule has 5 heteroatoms. The van der Waals surface area contributed by atoms with Gasteiger partial charge in [-0.3, -0.25) is 9.36 Å². The van der Waals surface area contributed by atoms with Gasteiger partial charge in [0.25, 0.3) is 0 Å². The Morgan fingerprint density at radius 2 is 1.95 bits per heavy atom. The quantitative estimate of drug-likeness (QED) is 0.680. The second-order valence-corrected chi connectivity index (χ2v) is 4.98. The van der Waals surface area contributed by atoms with Crippen LogP contribution in [0.4, 0.5) is 5.69 Å². The Labute approximate surface area is 127 Å². The monoisotopic (exact) mass is 296 g/mol. The lowest BCUT2D eigenvalue weighted by atomic mass is 10.2. The Hall–Kier alpha value is -2.82. The predicted molar refractivity (Wildman–Crippen MR) is 85.1 cm³/mol. The molecule has 0 bridgehead atoms. The van der Waals surface area contributed by atoms with Crippen molar-refractivity contribution in [2.75, 3.05) is 11.4 Å². The third kappa shape index (κ3) is 2.53. The number of amides is 1. The van der Waals surface area contributed by atoms with Crippen LogP contribution < -0.4 is 10.7 Å². The van der Waals surface area contributed by atoms with Gasteiger partial charge in [0.1, 0.15) is 0 Å². The molecular formula is C17H16N2O3. The van der Waals surface area contributed by atoms with Crippen LogP contribution in [-0.2, 0) is 11.3 Å². The zero-order valence-electron chi connectivity index (χ0n) is 12.2. The van der Waals surface area contributed by atoms with E-state index in [4.69, 9.17) is 4.42 Å². The second-order valence-electron chi connectivity index (χ2n) is 4.98. The molecule has 0 unspecified atom stereocenters. The minimum atomic E-state index is -0.398. The summed E-state index contributed by atoms with van der Waals surface area (Å²) in [4.78, 5) is 24.7. The molecule has 0 atom stereocenters. The van der Waals surface area contributed by atoms with Gasteiger partial charge < -0.3 is 9.32 Å². The molecule has 0 saturated carbocycles. The number of carbonyl (C=O) groups excluding carboxylic acids is 1. The highest BCUT2D eigenvalue weighted by Gasteiger charge is 2.12. The van der Waals surface area contributed by atoms with Gasteiger partial charge in [-0.2, -0.15) is 0 Å². The van der Waals surface area contributed by atoms with Crippen LogP contribution in [0.1, 0.15) is 12.5 Å².